The summed E-state index contributed by atoms with van der Waals surface area (Å²) < 4.78 is 0. The van der Waals surface area contributed by atoms with Gasteiger partial charge in [0.25, 0.3) is 0 Å². The third-order valence-electron chi connectivity index (χ3n) is 4.01. The lowest BCUT2D eigenvalue weighted by molar-refractivity contribution is 0.589. The van der Waals surface area contributed by atoms with Crippen LogP contribution in [0.5, 0.6) is 0 Å². The number of hydrogen-bond donors (Lipinski definition) is 2. The summed E-state index contributed by atoms with van der Waals surface area (Å²) in [7, 11) is 0. The Labute approximate surface area is 111 Å². The van der Waals surface area contributed by atoms with Crippen molar-refractivity contribution in [1.82, 2.24) is 0 Å². The Bertz CT molecular complexity index is 418. The van der Waals surface area contributed by atoms with Gasteiger partial charge >= 0.3 is 0 Å². The molecule has 1 aromatic carbocycles. The summed E-state index contributed by atoms with van der Waals surface area (Å²) >= 11 is 0. The SMILES string of the molecule is Cc1ccc(C(C)(C)C)cc1NC1CCCC1N. The molecule has 0 bridgehead atoms. The van der Waals surface area contributed by atoms with Gasteiger partial charge in [-0.1, -0.05) is 32.9 Å². The van der Waals surface area contributed by atoms with Crippen molar-refractivity contribution in [2.24, 2.45) is 5.73 Å². The molecule has 1 aliphatic carbocycles. The zero-order valence-corrected chi connectivity index (χ0v) is 12.1. The van der Waals surface area contributed by atoms with Gasteiger partial charge < -0.3 is 11.1 Å². The highest BCUT2D eigenvalue weighted by atomic mass is 15.0. The summed E-state index contributed by atoms with van der Waals surface area (Å²) in [4.78, 5) is 0. The lowest BCUT2D eigenvalue weighted by atomic mass is 9.86. The Kier molecular flexibility index (Phi) is 3.67. The van der Waals surface area contributed by atoms with Crippen molar-refractivity contribution >= 4 is 5.69 Å². The van der Waals surface area contributed by atoms with Gasteiger partial charge in [0.2, 0.25) is 0 Å². The van der Waals surface area contributed by atoms with Crippen molar-refractivity contribution in [2.75, 3.05) is 5.32 Å². The van der Waals surface area contributed by atoms with Crippen LogP contribution >= 0.6 is 0 Å². The average Bonchev–Trinajstić information content (AvgIpc) is 2.66. The van der Waals surface area contributed by atoms with Crippen LogP contribution in [0.3, 0.4) is 0 Å². The minimum Gasteiger partial charge on any atom is -0.381 e. The van der Waals surface area contributed by atoms with Crippen molar-refractivity contribution in [3.05, 3.63) is 29.3 Å². The molecule has 0 aliphatic heterocycles. The molecule has 0 aromatic heterocycles. The van der Waals surface area contributed by atoms with Crippen LogP contribution < -0.4 is 11.1 Å². The average molecular weight is 246 g/mol. The lowest BCUT2D eigenvalue weighted by Gasteiger charge is -2.24. The zero-order chi connectivity index (χ0) is 13.3. The van der Waals surface area contributed by atoms with Crippen molar-refractivity contribution in [2.45, 2.75) is 64.5 Å². The number of nitrogens with two attached hydrogens (primary N) is 1. The first-order valence-electron chi connectivity index (χ1n) is 7.01. The van der Waals surface area contributed by atoms with Crippen LogP contribution in [0.1, 0.15) is 51.2 Å². The van der Waals surface area contributed by atoms with Crippen molar-refractivity contribution in [3.8, 4) is 0 Å². The monoisotopic (exact) mass is 246 g/mol. The normalized spacial score (nSPS) is 24.3. The third-order valence-corrected chi connectivity index (χ3v) is 4.01. The van der Waals surface area contributed by atoms with Gasteiger partial charge in [0, 0.05) is 17.8 Å². The largest absolute Gasteiger partial charge is 0.381 e. The Hall–Kier alpha value is -1.02. The summed E-state index contributed by atoms with van der Waals surface area (Å²) in [5, 5.41) is 3.65. The first-order chi connectivity index (χ1) is 8.38. The van der Waals surface area contributed by atoms with E-state index in [9.17, 15) is 0 Å². The molecule has 3 N–H and O–H groups in total. The molecule has 2 atom stereocenters. The van der Waals surface area contributed by atoms with Crippen molar-refractivity contribution < 1.29 is 0 Å². The van der Waals surface area contributed by atoms with Crippen LogP contribution in [-0.4, -0.2) is 12.1 Å². The van der Waals surface area contributed by atoms with E-state index >= 15 is 0 Å². The van der Waals surface area contributed by atoms with Crippen molar-refractivity contribution in [1.29, 1.82) is 0 Å². The molecule has 1 fully saturated rings. The first kappa shape index (κ1) is 13.4. The van der Waals surface area contributed by atoms with Crippen molar-refractivity contribution in [3.63, 3.8) is 0 Å². The first-order valence-corrected chi connectivity index (χ1v) is 7.01. The molecular formula is C16H26N2. The third kappa shape index (κ3) is 2.86. The van der Waals surface area contributed by atoms with Gasteiger partial charge in [0.05, 0.1) is 0 Å². The van der Waals surface area contributed by atoms with E-state index in [1.807, 2.05) is 0 Å². The molecule has 1 saturated carbocycles. The highest BCUT2D eigenvalue weighted by Crippen LogP contribution is 2.29. The van der Waals surface area contributed by atoms with Gasteiger partial charge in [-0.25, -0.2) is 0 Å². The summed E-state index contributed by atoms with van der Waals surface area (Å²) in [5.41, 5.74) is 10.3. The molecule has 2 unspecified atom stereocenters. The van der Waals surface area contributed by atoms with Gasteiger partial charge in [0.15, 0.2) is 0 Å². The fraction of sp³-hybridized carbons (Fsp3) is 0.625. The molecule has 0 amide bonds. The van der Waals surface area contributed by atoms with E-state index in [4.69, 9.17) is 5.73 Å². The maximum absolute atomic E-state index is 6.14. The predicted octanol–water partition coefficient (Wildman–Crippen LogP) is 3.58. The standard InChI is InChI=1S/C16H26N2/c1-11-8-9-12(16(2,3)4)10-15(11)18-14-7-5-6-13(14)17/h8-10,13-14,18H,5-7,17H2,1-4H3. The second-order valence-corrected chi connectivity index (χ2v) is 6.63. The van der Waals surface area contributed by atoms with Crippen LogP contribution in [0.2, 0.25) is 0 Å². The number of nitrogens with one attached hydrogen (secondary N) is 1. The second kappa shape index (κ2) is 4.93. The lowest BCUT2D eigenvalue weighted by Crippen LogP contribution is -2.35. The van der Waals surface area contributed by atoms with E-state index in [0.717, 1.165) is 6.42 Å². The van der Waals surface area contributed by atoms with Crippen LogP contribution in [0.25, 0.3) is 0 Å². The molecule has 2 heteroatoms. The number of benzene rings is 1. The highest BCUT2D eigenvalue weighted by molar-refractivity contribution is 5.54. The number of hydrogen-bond acceptors (Lipinski definition) is 2. The molecule has 2 rings (SSSR count). The van der Waals surface area contributed by atoms with Crippen LogP contribution in [-0.2, 0) is 5.41 Å². The van der Waals surface area contributed by atoms with Gasteiger partial charge in [-0.2, -0.15) is 0 Å². The van der Waals surface area contributed by atoms with Crippen LogP contribution in [0.15, 0.2) is 18.2 Å². The van der Waals surface area contributed by atoms with Crippen LogP contribution in [0, 0.1) is 6.92 Å². The van der Waals surface area contributed by atoms with E-state index in [0.29, 0.717) is 12.1 Å². The smallest absolute Gasteiger partial charge is 0.0412 e. The fourth-order valence-corrected chi connectivity index (χ4v) is 2.61. The maximum atomic E-state index is 6.14. The summed E-state index contributed by atoms with van der Waals surface area (Å²) in [6.07, 6.45) is 3.59. The zero-order valence-electron chi connectivity index (χ0n) is 12.1. The molecular weight excluding hydrogens is 220 g/mol. The van der Waals surface area contributed by atoms with Gasteiger partial charge in [-0.15, -0.1) is 0 Å². The molecule has 0 saturated heterocycles. The Balaban J connectivity index is 2.21. The van der Waals surface area contributed by atoms with Crippen LogP contribution in [0.4, 0.5) is 5.69 Å². The van der Waals surface area contributed by atoms with Gasteiger partial charge in [-0.3, -0.25) is 0 Å². The minimum absolute atomic E-state index is 0.196. The summed E-state index contributed by atoms with van der Waals surface area (Å²) in [6, 6.07) is 7.49. The number of aryl methyl sites for hydroxylation is 1. The molecule has 1 aliphatic rings. The number of rotatable bonds is 2. The van der Waals surface area contributed by atoms with Gasteiger partial charge in [0.1, 0.15) is 0 Å². The highest BCUT2D eigenvalue weighted by Gasteiger charge is 2.24. The molecule has 0 spiro atoms. The Morgan fingerprint density at radius 3 is 2.50 bits per heavy atom. The Morgan fingerprint density at radius 1 is 1.22 bits per heavy atom. The van der Waals surface area contributed by atoms with E-state index in [1.165, 1.54) is 29.7 Å². The molecule has 1 aromatic rings. The fourth-order valence-electron chi connectivity index (χ4n) is 2.61. The summed E-state index contributed by atoms with van der Waals surface area (Å²) in [6.45, 7) is 8.92. The van der Waals surface area contributed by atoms with E-state index < -0.39 is 0 Å². The van der Waals surface area contributed by atoms with Gasteiger partial charge in [-0.05, 0) is 48.8 Å². The van der Waals surface area contributed by atoms with E-state index in [2.05, 4.69) is 51.2 Å². The molecule has 18 heavy (non-hydrogen) atoms. The molecule has 0 heterocycles. The molecule has 0 radical (unpaired) electrons. The summed E-state index contributed by atoms with van der Waals surface area (Å²) in [5.74, 6) is 0. The quantitative estimate of drug-likeness (QED) is 0.837. The predicted molar refractivity (Wildman–Crippen MR) is 79.1 cm³/mol. The topological polar surface area (TPSA) is 38.0 Å². The number of anilines is 1. The minimum atomic E-state index is 0.196. The van der Waals surface area contributed by atoms with E-state index in [-0.39, 0.29) is 5.41 Å². The Morgan fingerprint density at radius 2 is 1.94 bits per heavy atom. The maximum Gasteiger partial charge on any atom is 0.0412 e. The van der Waals surface area contributed by atoms with E-state index in [1.54, 1.807) is 0 Å². The molecule has 100 valence electrons. The second-order valence-electron chi connectivity index (χ2n) is 6.63. The molecule has 2 nitrogen and oxygen atoms in total.